The fourth-order valence-corrected chi connectivity index (χ4v) is 2.72. The van der Waals surface area contributed by atoms with Crippen LogP contribution < -0.4 is 5.73 Å². The molecule has 0 aliphatic heterocycles. The molecule has 1 aromatic carbocycles. The van der Waals surface area contributed by atoms with Crippen molar-refractivity contribution in [1.29, 1.82) is 0 Å². The summed E-state index contributed by atoms with van der Waals surface area (Å²) in [7, 11) is 2.16. The molecule has 2 N–H and O–H groups in total. The van der Waals surface area contributed by atoms with E-state index in [1.807, 2.05) is 30.0 Å². The average Bonchev–Trinajstić information content (AvgIpc) is 2.34. The van der Waals surface area contributed by atoms with Gasteiger partial charge in [0.1, 0.15) is 0 Å². The van der Waals surface area contributed by atoms with Gasteiger partial charge >= 0.3 is 0 Å². The number of thioether (sulfide) groups is 1. The smallest absolute Gasteiger partial charge is 0.0318 e. The van der Waals surface area contributed by atoms with Gasteiger partial charge in [0.05, 0.1) is 0 Å². The lowest BCUT2D eigenvalue weighted by atomic mass is 10.0. The maximum Gasteiger partial charge on any atom is 0.0318 e. The normalized spacial score (nSPS) is 13.0. The van der Waals surface area contributed by atoms with Crippen LogP contribution in [0.25, 0.3) is 0 Å². The van der Waals surface area contributed by atoms with Crippen LogP contribution in [0.4, 0.5) is 0 Å². The molecule has 0 aromatic heterocycles. The van der Waals surface area contributed by atoms with Crippen molar-refractivity contribution in [2.24, 2.45) is 5.73 Å². The lowest BCUT2D eigenvalue weighted by Crippen LogP contribution is -2.25. The van der Waals surface area contributed by atoms with Crippen molar-refractivity contribution in [2.45, 2.75) is 12.5 Å². The lowest BCUT2D eigenvalue weighted by Gasteiger charge is -2.19. The van der Waals surface area contributed by atoms with Crippen LogP contribution >= 0.6 is 27.7 Å². The van der Waals surface area contributed by atoms with Crippen molar-refractivity contribution in [1.82, 2.24) is 4.90 Å². The van der Waals surface area contributed by atoms with E-state index in [9.17, 15) is 0 Å². The van der Waals surface area contributed by atoms with Gasteiger partial charge in [-0.05, 0) is 37.9 Å². The minimum atomic E-state index is 0.113. The molecular formula is C13H21BrN2S. The molecule has 0 saturated carbocycles. The number of hydrogen-bond donors (Lipinski definition) is 1. The highest BCUT2D eigenvalue weighted by Crippen LogP contribution is 2.23. The predicted octanol–water partition coefficient (Wildman–Crippen LogP) is 3.13. The van der Waals surface area contributed by atoms with E-state index in [2.05, 4.69) is 40.2 Å². The molecule has 1 rings (SSSR count). The van der Waals surface area contributed by atoms with Crippen molar-refractivity contribution in [3.63, 3.8) is 0 Å². The summed E-state index contributed by atoms with van der Waals surface area (Å²) in [6.07, 6.45) is 3.13. The molecule has 0 radical (unpaired) electrons. The molecule has 4 heteroatoms. The van der Waals surface area contributed by atoms with Crippen LogP contribution in [0, 0.1) is 0 Å². The van der Waals surface area contributed by atoms with E-state index < -0.39 is 0 Å². The van der Waals surface area contributed by atoms with Crippen molar-refractivity contribution >= 4 is 27.7 Å². The first-order chi connectivity index (χ1) is 8.15. The van der Waals surface area contributed by atoms with Gasteiger partial charge < -0.3 is 10.6 Å². The Morgan fingerprint density at radius 3 is 2.71 bits per heavy atom. The number of nitrogens with zero attached hydrogens (tertiary/aromatic N) is 1. The van der Waals surface area contributed by atoms with Gasteiger partial charge in [-0.2, -0.15) is 11.8 Å². The molecular weight excluding hydrogens is 296 g/mol. The van der Waals surface area contributed by atoms with Crippen molar-refractivity contribution in [3.05, 3.63) is 34.3 Å². The zero-order valence-corrected chi connectivity index (χ0v) is 12.9. The largest absolute Gasteiger partial charge is 0.324 e. The summed E-state index contributed by atoms with van der Waals surface area (Å²) in [6.45, 7) is 2.17. The third-order valence-corrected chi connectivity index (χ3v) is 4.12. The van der Waals surface area contributed by atoms with Crippen LogP contribution in [0.5, 0.6) is 0 Å². The standard InChI is InChI=1S/C13H21BrN2S/c1-16(9-10-17-2)8-7-13(15)11-5-3-4-6-12(11)14/h3-6,13H,7-10,15H2,1-2H3. The summed E-state index contributed by atoms with van der Waals surface area (Å²) in [5.74, 6) is 1.18. The molecule has 0 fully saturated rings. The summed E-state index contributed by atoms with van der Waals surface area (Å²) >= 11 is 5.43. The van der Waals surface area contributed by atoms with Crippen LogP contribution in [0.3, 0.4) is 0 Å². The summed E-state index contributed by atoms with van der Waals surface area (Å²) in [4.78, 5) is 2.34. The Morgan fingerprint density at radius 2 is 2.06 bits per heavy atom. The van der Waals surface area contributed by atoms with Gasteiger partial charge in [0.2, 0.25) is 0 Å². The van der Waals surface area contributed by atoms with Crippen molar-refractivity contribution in [2.75, 3.05) is 32.1 Å². The van der Waals surface area contributed by atoms with Gasteiger partial charge in [-0.3, -0.25) is 0 Å². The van der Waals surface area contributed by atoms with E-state index in [-0.39, 0.29) is 6.04 Å². The number of nitrogens with two attached hydrogens (primary N) is 1. The highest BCUT2D eigenvalue weighted by atomic mass is 79.9. The highest BCUT2D eigenvalue weighted by Gasteiger charge is 2.10. The van der Waals surface area contributed by atoms with Gasteiger partial charge in [-0.15, -0.1) is 0 Å². The molecule has 0 spiro atoms. The van der Waals surface area contributed by atoms with Gasteiger partial charge in [0, 0.05) is 22.8 Å². The van der Waals surface area contributed by atoms with Crippen molar-refractivity contribution in [3.8, 4) is 0 Å². The highest BCUT2D eigenvalue weighted by molar-refractivity contribution is 9.10. The second-order valence-electron chi connectivity index (χ2n) is 4.21. The first-order valence-electron chi connectivity index (χ1n) is 5.82. The second kappa shape index (κ2) is 8.14. The van der Waals surface area contributed by atoms with Gasteiger partial charge in [-0.1, -0.05) is 34.1 Å². The Morgan fingerprint density at radius 1 is 1.35 bits per heavy atom. The second-order valence-corrected chi connectivity index (χ2v) is 6.05. The molecule has 96 valence electrons. The maximum absolute atomic E-state index is 6.21. The Bertz CT molecular complexity index is 333. The molecule has 17 heavy (non-hydrogen) atoms. The summed E-state index contributed by atoms with van der Waals surface area (Å²) in [5.41, 5.74) is 7.41. The van der Waals surface area contributed by atoms with Gasteiger partial charge in [-0.25, -0.2) is 0 Å². The van der Waals surface area contributed by atoms with Crippen LogP contribution in [0.2, 0.25) is 0 Å². The molecule has 0 heterocycles. The number of hydrogen-bond acceptors (Lipinski definition) is 3. The number of rotatable bonds is 7. The molecule has 0 amide bonds. The van der Waals surface area contributed by atoms with Gasteiger partial charge in [0.25, 0.3) is 0 Å². The molecule has 0 aliphatic rings. The minimum absolute atomic E-state index is 0.113. The van der Waals surface area contributed by atoms with E-state index >= 15 is 0 Å². The summed E-state index contributed by atoms with van der Waals surface area (Å²) in [5, 5.41) is 0. The van der Waals surface area contributed by atoms with Crippen LogP contribution in [-0.2, 0) is 0 Å². The first kappa shape index (κ1) is 15.0. The zero-order valence-electron chi connectivity index (χ0n) is 10.5. The Hall–Kier alpha value is -0.0300. The third-order valence-electron chi connectivity index (χ3n) is 2.80. The van der Waals surface area contributed by atoms with E-state index in [0.29, 0.717) is 0 Å². The van der Waals surface area contributed by atoms with Crippen LogP contribution in [-0.4, -0.2) is 37.0 Å². The van der Waals surface area contributed by atoms with Crippen LogP contribution in [0.1, 0.15) is 18.0 Å². The molecule has 0 bridgehead atoms. The summed E-state index contributed by atoms with van der Waals surface area (Å²) in [6, 6.07) is 8.31. The molecule has 1 atom stereocenters. The SMILES string of the molecule is CSCCN(C)CCC(N)c1ccccc1Br. The minimum Gasteiger partial charge on any atom is -0.324 e. The van der Waals surface area contributed by atoms with E-state index in [4.69, 9.17) is 5.73 Å². The Balaban J connectivity index is 2.39. The maximum atomic E-state index is 6.21. The van der Waals surface area contributed by atoms with E-state index in [1.54, 1.807) is 0 Å². The van der Waals surface area contributed by atoms with Gasteiger partial charge in [0.15, 0.2) is 0 Å². The molecule has 1 aromatic rings. The number of halogens is 1. The zero-order chi connectivity index (χ0) is 12.7. The molecule has 0 saturated heterocycles. The van der Waals surface area contributed by atoms with E-state index in [0.717, 1.165) is 24.0 Å². The summed E-state index contributed by atoms with van der Waals surface area (Å²) < 4.78 is 1.11. The van der Waals surface area contributed by atoms with E-state index in [1.165, 1.54) is 11.3 Å². The third kappa shape index (κ3) is 5.42. The molecule has 1 unspecified atom stereocenters. The van der Waals surface area contributed by atoms with Crippen molar-refractivity contribution < 1.29 is 0 Å². The lowest BCUT2D eigenvalue weighted by molar-refractivity contribution is 0.337. The quantitative estimate of drug-likeness (QED) is 0.838. The Kier molecular flexibility index (Phi) is 7.19. The fraction of sp³-hybridized carbons (Fsp3) is 0.538. The average molecular weight is 317 g/mol. The molecule has 2 nitrogen and oxygen atoms in total. The fourth-order valence-electron chi connectivity index (χ4n) is 1.65. The first-order valence-corrected chi connectivity index (χ1v) is 8.01. The Labute approximate surface area is 117 Å². The monoisotopic (exact) mass is 316 g/mol. The van der Waals surface area contributed by atoms with Crippen LogP contribution in [0.15, 0.2) is 28.7 Å². The molecule has 0 aliphatic carbocycles. The predicted molar refractivity (Wildman–Crippen MR) is 81.6 cm³/mol. The number of benzene rings is 1. The topological polar surface area (TPSA) is 29.3 Å².